The van der Waals surface area contributed by atoms with E-state index in [1.807, 2.05) is 6.92 Å². The molecule has 2 aliphatic rings. The molecule has 1 fully saturated rings. The van der Waals surface area contributed by atoms with Gasteiger partial charge in [0.15, 0.2) is 0 Å². The van der Waals surface area contributed by atoms with E-state index in [1.165, 1.54) is 0 Å². The Hall–Kier alpha value is -1.65. The third-order valence-electron chi connectivity index (χ3n) is 3.39. The van der Waals surface area contributed by atoms with Crippen molar-refractivity contribution < 1.29 is 19.2 Å². The Labute approximate surface area is 99.4 Å². The van der Waals surface area contributed by atoms with Crippen LogP contribution in [0.5, 0.6) is 0 Å². The van der Waals surface area contributed by atoms with Crippen LogP contribution in [0.25, 0.3) is 0 Å². The quantitative estimate of drug-likeness (QED) is 0.680. The van der Waals surface area contributed by atoms with Crippen LogP contribution in [-0.4, -0.2) is 22.8 Å². The Morgan fingerprint density at radius 1 is 1.18 bits per heavy atom. The average molecular weight is 237 g/mol. The summed E-state index contributed by atoms with van der Waals surface area (Å²) in [6.07, 6.45) is 6.76. The number of rotatable bonds is 2. The lowest BCUT2D eigenvalue weighted by molar-refractivity contribution is -0.204. The zero-order chi connectivity index (χ0) is 12.5. The predicted octanol–water partition coefficient (Wildman–Crippen LogP) is 1.34. The normalized spacial score (nSPS) is 23.0. The van der Waals surface area contributed by atoms with Crippen molar-refractivity contribution in [3.05, 3.63) is 12.2 Å². The minimum absolute atomic E-state index is 0.484. The maximum atomic E-state index is 12.0. The molecule has 17 heavy (non-hydrogen) atoms. The van der Waals surface area contributed by atoms with Crippen LogP contribution in [0, 0.1) is 5.41 Å². The summed E-state index contributed by atoms with van der Waals surface area (Å²) < 4.78 is 0. The van der Waals surface area contributed by atoms with Crippen LogP contribution in [0.2, 0.25) is 0 Å². The van der Waals surface area contributed by atoms with Crippen molar-refractivity contribution in [2.75, 3.05) is 0 Å². The van der Waals surface area contributed by atoms with Gasteiger partial charge in [-0.3, -0.25) is 9.59 Å². The molecule has 0 spiro atoms. The molecule has 2 amide bonds. The highest BCUT2D eigenvalue weighted by atomic mass is 16.7. The van der Waals surface area contributed by atoms with Crippen molar-refractivity contribution in [3.8, 4) is 0 Å². The van der Waals surface area contributed by atoms with Gasteiger partial charge in [0.2, 0.25) is 0 Å². The molecule has 0 aromatic carbocycles. The maximum absolute atomic E-state index is 12.0. The Kier molecular flexibility index (Phi) is 3.00. The Bertz CT molecular complexity index is 375. The fourth-order valence-corrected chi connectivity index (χ4v) is 2.21. The molecule has 2 rings (SSSR count). The van der Waals surface area contributed by atoms with E-state index in [4.69, 9.17) is 4.84 Å². The summed E-state index contributed by atoms with van der Waals surface area (Å²) in [5.74, 6) is -1.67. The second-order valence-corrected chi connectivity index (χ2v) is 4.80. The van der Waals surface area contributed by atoms with Gasteiger partial charge in [0.25, 0.3) is 11.8 Å². The first-order chi connectivity index (χ1) is 8.03. The highest BCUT2D eigenvalue weighted by Crippen LogP contribution is 2.37. The Morgan fingerprint density at radius 2 is 1.71 bits per heavy atom. The summed E-state index contributed by atoms with van der Waals surface area (Å²) in [6.45, 7) is 1.83. The molecule has 1 saturated carbocycles. The summed E-state index contributed by atoms with van der Waals surface area (Å²) in [5.41, 5.74) is -0.568. The summed E-state index contributed by atoms with van der Waals surface area (Å²) in [7, 11) is 0. The highest BCUT2D eigenvalue weighted by Gasteiger charge is 2.39. The molecule has 92 valence electrons. The van der Waals surface area contributed by atoms with Crippen molar-refractivity contribution in [1.29, 1.82) is 0 Å². The van der Waals surface area contributed by atoms with E-state index in [9.17, 15) is 14.4 Å². The number of hydrogen-bond donors (Lipinski definition) is 0. The fourth-order valence-electron chi connectivity index (χ4n) is 2.21. The van der Waals surface area contributed by atoms with Crippen LogP contribution >= 0.6 is 0 Å². The minimum Gasteiger partial charge on any atom is -0.329 e. The van der Waals surface area contributed by atoms with Crippen LogP contribution in [0.1, 0.15) is 39.0 Å². The monoisotopic (exact) mass is 237 g/mol. The van der Waals surface area contributed by atoms with E-state index >= 15 is 0 Å². The zero-order valence-corrected chi connectivity index (χ0v) is 9.77. The van der Waals surface area contributed by atoms with E-state index in [1.54, 1.807) is 0 Å². The number of hydrogen-bond acceptors (Lipinski definition) is 4. The molecule has 1 aliphatic carbocycles. The van der Waals surface area contributed by atoms with Gasteiger partial charge in [-0.2, -0.15) is 0 Å². The first-order valence-electron chi connectivity index (χ1n) is 5.81. The molecule has 5 nitrogen and oxygen atoms in total. The summed E-state index contributed by atoms with van der Waals surface area (Å²) in [4.78, 5) is 39.4. The lowest BCUT2D eigenvalue weighted by Crippen LogP contribution is -2.40. The number of carbonyl (C=O) groups is 3. The molecule has 0 aromatic heterocycles. The SMILES string of the molecule is CC1(C(=O)ON2C(=O)C=CC2=O)CCCCC1. The van der Waals surface area contributed by atoms with Gasteiger partial charge < -0.3 is 4.84 Å². The van der Waals surface area contributed by atoms with Gasteiger partial charge in [-0.15, -0.1) is 0 Å². The lowest BCUT2D eigenvalue weighted by atomic mass is 9.76. The second-order valence-electron chi connectivity index (χ2n) is 4.80. The number of carbonyl (C=O) groups excluding carboxylic acids is 3. The number of imide groups is 1. The number of nitrogens with zero attached hydrogens (tertiary/aromatic N) is 1. The first-order valence-corrected chi connectivity index (χ1v) is 5.81. The molecule has 1 heterocycles. The van der Waals surface area contributed by atoms with Crippen LogP contribution in [0.15, 0.2) is 12.2 Å². The van der Waals surface area contributed by atoms with Gasteiger partial charge in [-0.25, -0.2) is 4.79 Å². The second kappa shape index (κ2) is 4.31. The Balaban J connectivity index is 2.01. The predicted molar refractivity (Wildman–Crippen MR) is 58.3 cm³/mol. The Morgan fingerprint density at radius 3 is 2.24 bits per heavy atom. The maximum Gasteiger partial charge on any atom is 0.339 e. The van der Waals surface area contributed by atoms with Crippen LogP contribution in [0.3, 0.4) is 0 Å². The third kappa shape index (κ3) is 2.23. The van der Waals surface area contributed by atoms with Crippen LogP contribution < -0.4 is 0 Å². The van der Waals surface area contributed by atoms with Crippen LogP contribution in [0.4, 0.5) is 0 Å². The third-order valence-corrected chi connectivity index (χ3v) is 3.39. The van der Waals surface area contributed by atoms with E-state index < -0.39 is 23.2 Å². The molecule has 0 unspecified atom stereocenters. The number of amides is 2. The van der Waals surface area contributed by atoms with Gasteiger partial charge in [-0.05, 0) is 19.8 Å². The fraction of sp³-hybridized carbons (Fsp3) is 0.583. The number of hydroxylamine groups is 2. The smallest absolute Gasteiger partial charge is 0.329 e. The molecule has 0 N–H and O–H groups in total. The van der Waals surface area contributed by atoms with Gasteiger partial charge in [0.1, 0.15) is 0 Å². The molecule has 1 aliphatic heterocycles. The molecule has 0 bridgehead atoms. The van der Waals surface area contributed by atoms with Crippen molar-refractivity contribution in [2.24, 2.45) is 5.41 Å². The van der Waals surface area contributed by atoms with Crippen molar-refractivity contribution in [2.45, 2.75) is 39.0 Å². The first kappa shape index (κ1) is 11.8. The van der Waals surface area contributed by atoms with E-state index in [0.717, 1.165) is 44.3 Å². The van der Waals surface area contributed by atoms with E-state index in [-0.39, 0.29) is 0 Å². The van der Waals surface area contributed by atoms with Gasteiger partial charge in [-0.1, -0.05) is 24.3 Å². The van der Waals surface area contributed by atoms with Gasteiger partial charge >= 0.3 is 5.97 Å². The molecule has 0 radical (unpaired) electrons. The van der Waals surface area contributed by atoms with Crippen molar-refractivity contribution in [3.63, 3.8) is 0 Å². The zero-order valence-electron chi connectivity index (χ0n) is 9.77. The molecule has 5 heteroatoms. The van der Waals surface area contributed by atoms with Gasteiger partial charge in [0, 0.05) is 12.2 Å². The van der Waals surface area contributed by atoms with Crippen molar-refractivity contribution in [1.82, 2.24) is 5.06 Å². The lowest BCUT2D eigenvalue weighted by Gasteiger charge is -2.31. The van der Waals surface area contributed by atoms with E-state index in [2.05, 4.69) is 0 Å². The minimum atomic E-state index is -0.595. The molecule has 0 saturated heterocycles. The molecule has 0 aromatic rings. The largest absolute Gasteiger partial charge is 0.339 e. The molecule has 0 atom stereocenters. The van der Waals surface area contributed by atoms with E-state index in [0.29, 0.717) is 5.06 Å². The summed E-state index contributed by atoms with van der Waals surface area (Å²) >= 11 is 0. The topological polar surface area (TPSA) is 63.7 Å². The molecular weight excluding hydrogens is 222 g/mol. The van der Waals surface area contributed by atoms with Gasteiger partial charge in [0.05, 0.1) is 5.41 Å². The van der Waals surface area contributed by atoms with Crippen LogP contribution in [-0.2, 0) is 19.2 Å². The summed E-state index contributed by atoms with van der Waals surface area (Å²) in [5, 5.41) is 0.530. The van der Waals surface area contributed by atoms with Crippen molar-refractivity contribution >= 4 is 17.8 Å². The average Bonchev–Trinajstić information content (AvgIpc) is 2.62. The molecular formula is C12H15NO4. The standard InChI is InChI=1S/C12H15NO4/c1-12(7-3-2-4-8-12)11(16)17-13-9(14)5-6-10(13)15/h5-6H,2-4,7-8H2,1H3. The highest BCUT2D eigenvalue weighted by molar-refractivity contribution is 6.12. The summed E-state index contributed by atoms with van der Waals surface area (Å²) in [6, 6.07) is 0.